The molecule has 0 atom stereocenters. The van der Waals surface area contributed by atoms with Crippen LogP contribution in [0.25, 0.3) is 23.1 Å². The molecule has 0 aliphatic rings. The number of phenols is 1. The highest BCUT2D eigenvalue weighted by atomic mass is 35.5. The average Bonchev–Trinajstić information content (AvgIpc) is 2.64. The molecule has 9 heteroatoms. The third kappa shape index (κ3) is 3.60. The molecule has 2 aromatic carbocycles. The summed E-state index contributed by atoms with van der Waals surface area (Å²) in [4.78, 5) is 14.6. The normalized spacial score (nSPS) is 11.2. The zero-order valence-electron chi connectivity index (χ0n) is 13.8. The van der Waals surface area contributed by atoms with Gasteiger partial charge in [-0.05, 0) is 35.9 Å². The maximum Gasteiger partial charge on any atom is 0.266 e. The van der Waals surface area contributed by atoms with Crippen LogP contribution in [0, 0.1) is 10.1 Å². The summed E-state index contributed by atoms with van der Waals surface area (Å²) in [5.74, 6) is -1.12. The minimum absolute atomic E-state index is 0.0764. The number of nitro benzene ring substituents is 1. The van der Waals surface area contributed by atoms with Crippen LogP contribution < -0.4 is 9.84 Å². The first-order chi connectivity index (χ1) is 12.8. The second-order valence-corrected chi connectivity index (χ2v) is 6.30. The maximum absolute atomic E-state index is 11.9. The van der Waals surface area contributed by atoms with Gasteiger partial charge in [-0.15, -0.1) is 0 Å². The predicted octanol–water partition coefficient (Wildman–Crippen LogP) is 4.41. The SMILES string of the molecule is COc1cc(/C=C/c2ccc3c(Cl)cc(Cl)c(O)c3n2)cc([N+](=O)[O-])c1[O-]. The number of pyridine rings is 1. The Kier molecular flexibility index (Phi) is 5.07. The number of aromatic hydroxyl groups is 1. The smallest absolute Gasteiger partial charge is 0.266 e. The fourth-order valence-electron chi connectivity index (χ4n) is 2.48. The Hall–Kier alpha value is -3.03. The first kappa shape index (κ1) is 18.8. The number of benzene rings is 2. The van der Waals surface area contributed by atoms with Crippen molar-refractivity contribution < 1.29 is 19.9 Å². The highest BCUT2D eigenvalue weighted by Crippen LogP contribution is 2.37. The van der Waals surface area contributed by atoms with Gasteiger partial charge in [-0.3, -0.25) is 10.1 Å². The van der Waals surface area contributed by atoms with Crippen molar-refractivity contribution in [3.63, 3.8) is 0 Å². The van der Waals surface area contributed by atoms with E-state index < -0.39 is 16.4 Å². The quantitative estimate of drug-likeness (QED) is 0.508. The molecule has 7 nitrogen and oxygen atoms in total. The topological polar surface area (TPSA) is 109 Å². The lowest BCUT2D eigenvalue weighted by Crippen LogP contribution is -2.01. The third-order valence-electron chi connectivity index (χ3n) is 3.80. The maximum atomic E-state index is 11.9. The monoisotopic (exact) mass is 405 g/mol. The number of rotatable bonds is 4. The minimum Gasteiger partial charge on any atom is -0.865 e. The molecule has 0 fully saturated rings. The van der Waals surface area contributed by atoms with Crippen LogP contribution in [-0.4, -0.2) is 22.1 Å². The van der Waals surface area contributed by atoms with Crippen molar-refractivity contribution >= 4 is 51.9 Å². The summed E-state index contributed by atoms with van der Waals surface area (Å²) in [5, 5.41) is 33.9. The van der Waals surface area contributed by atoms with Crippen molar-refractivity contribution in [2.45, 2.75) is 0 Å². The van der Waals surface area contributed by atoms with E-state index in [9.17, 15) is 20.3 Å². The van der Waals surface area contributed by atoms with E-state index in [1.807, 2.05) is 0 Å². The molecular formula is C18H11Cl2N2O5-. The van der Waals surface area contributed by atoms with Crippen molar-refractivity contribution in [2.75, 3.05) is 7.11 Å². The van der Waals surface area contributed by atoms with Crippen LogP contribution in [0.1, 0.15) is 11.3 Å². The Morgan fingerprint density at radius 2 is 1.93 bits per heavy atom. The molecule has 0 aliphatic heterocycles. The lowest BCUT2D eigenvalue weighted by molar-refractivity contribution is -0.398. The van der Waals surface area contributed by atoms with Crippen LogP contribution in [0.5, 0.6) is 17.2 Å². The van der Waals surface area contributed by atoms with Gasteiger partial charge in [0, 0.05) is 17.2 Å². The molecule has 0 bridgehead atoms. The van der Waals surface area contributed by atoms with Gasteiger partial charge < -0.3 is 14.9 Å². The second-order valence-electron chi connectivity index (χ2n) is 5.48. The highest BCUT2D eigenvalue weighted by molar-refractivity contribution is 6.39. The molecular weight excluding hydrogens is 395 g/mol. The van der Waals surface area contributed by atoms with Gasteiger partial charge in [-0.25, -0.2) is 4.98 Å². The Balaban J connectivity index is 2.05. The zero-order valence-corrected chi connectivity index (χ0v) is 15.3. The van der Waals surface area contributed by atoms with Gasteiger partial charge in [-0.1, -0.05) is 29.3 Å². The molecule has 0 amide bonds. The molecule has 1 N–H and O–H groups in total. The summed E-state index contributed by atoms with van der Waals surface area (Å²) in [6, 6.07) is 7.29. The summed E-state index contributed by atoms with van der Waals surface area (Å²) >= 11 is 12.0. The minimum atomic E-state index is -0.794. The number of hydrogen-bond donors (Lipinski definition) is 1. The van der Waals surface area contributed by atoms with E-state index in [-0.39, 0.29) is 22.0 Å². The fraction of sp³-hybridized carbons (Fsp3) is 0.0556. The van der Waals surface area contributed by atoms with Crippen LogP contribution in [0.3, 0.4) is 0 Å². The van der Waals surface area contributed by atoms with E-state index in [1.54, 1.807) is 18.2 Å². The largest absolute Gasteiger partial charge is 0.865 e. The predicted molar refractivity (Wildman–Crippen MR) is 101 cm³/mol. The fourth-order valence-corrected chi connectivity index (χ4v) is 3.00. The van der Waals surface area contributed by atoms with Crippen molar-refractivity contribution in [1.29, 1.82) is 0 Å². The van der Waals surface area contributed by atoms with Crippen LogP contribution in [-0.2, 0) is 0 Å². The Morgan fingerprint density at radius 3 is 2.59 bits per heavy atom. The van der Waals surface area contributed by atoms with E-state index in [0.29, 0.717) is 21.7 Å². The average molecular weight is 406 g/mol. The standard InChI is InChI=1S/C18H12Cl2N2O5/c1-27-15-7-9(6-14(18(15)24)22(25)26)2-3-10-4-5-11-12(19)8-13(20)17(23)16(11)21-10/h2-8,23-24H,1H3/p-1/b3-2+. The number of aromatic nitrogens is 1. The molecule has 1 heterocycles. The zero-order chi connectivity index (χ0) is 19.7. The number of ether oxygens (including phenoxy) is 1. The van der Waals surface area contributed by atoms with E-state index in [0.717, 1.165) is 6.07 Å². The summed E-state index contributed by atoms with van der Waals surface area (Å²) in [7, 11) is 1.26. The van der Waals surface area contributed by atoms with Gasteiger partial charge >= 0.3 is 0 Å². The second kappa shape index (κ2) is 7.30. The molecule has 3 rings (SSSR count). The summed E-state index contributed by atoms with van der Waals surface area (Å²) < 4.78 is 4.90. The number of methoxy groups -OCH3 is 1. The molecule has 27 heavy (non-hydrogen) atoms. The van der Waals surface area contributed by atoms with E-state index in [1.165, 1.54) is 25.3 Å². The molecule has 0 unspecified atom stereocenters. The number of hydrogen-bond acceptors (Lipinski definition) is 6. The Labute approximate surface area is 163 Å². The summed E-state index contributed by atoms with van der Waals surface area (Å²) in [6.45, 7) is 0. The van der Waals surface area contributed by atoms with Gasteiger partial charge in [-0.2, -0.15) is 0 Å². The van der Waals surface area contributed by atoms with E-state index in [2.05, 4.69) is 4.98 Å². The molecule has 3 aromatic rings. The van der Waals surface area contributed by atoms with Crippen molar-refractivity contribution in [3.8, 4) is 17.2 Å². The number of halogens is 2. The van der Waals surface area contributed by atoms with Crippen molar-refractivity contribution in [2.24, 2.45) is 0 Å². The lowest BCUT2D eigenvalue weighted by atomic mass is 10.1. The molecule has 0 spiro atoms. The van der Waals surface area contributed by atoms with Gasteiger partial charge in [0.2, 0.25) is 0 Å². The molecule has 0 saturated carbocycles. The van der Waals surface area contributed by atoms with E-state index >= 15 is 0 Å². The number of phenolic OH excluding ortho intramolecular Hbond substituents is 1. The van der Waals surface area contributed by atoms with Gasteiger partial charge in [0.1, 0.15) is 11.3 Å². The first-order valence-electron chi connectivity index (χ1n) is 7.51. The van der Waals surface area contributed by atoms with Gasteiger partial charge in [0.25, 0.3) is 5.69 Å². The van der Waals surface area contributed by atoms with Crippen LogP contribution in [0.15, 0.2) is 30.3 Å². The summed E-state index contributed by atoms with van der Waals surface area (Å²) in [5.41, 5.74) is 0.474. The molecule has 1 aromatic heterocycles. The lowest BCUT2D eigenvalue weighted by Gasteiger charge is -2.13. The molecule has 0 saturated heterocycles. The van der Waals surface area contributed by atoms with Crippen molar-refractivity contribution in [3.05, 3.63) is 61.7 Å². The number of fused-ring (bicyclic) bond motifs is 1. The van der Waals surface area contributed by atoms with Crippen LogP contribution in [0.4, 0.5) is 5.69 Å². The molecule has 0 radical (unpaired) electrons. The summed E-state index contributed by atoms with van der Waals surface area (Å²) in [6.07, 6.45) is 3.10. The highest BCUT2D eigenvalue weighted by Gasteiger charge is 2.13. The number of nitro groups is 1. The van der Waals surface area contributed by atoms with Crippen molar-refractivity contribution in [1.82, 2.24) is 4.98 Å². The first-order valence-corrected chi connectivity index (χ1v) is 8.26. The van der Waals surface area contributed by atoms with Crippen LogP contribution in [0.2, 0.25) is 10.0 Å². The van der Waals surface area contributed by atoms with E-state index in [4.69, 9.17) is 27.9 Å². The van der Waals surface area contributed by atoms with Gasteiger partial charge in [0.15, 0.2) is 5.75 Å². The molecule has 138 valence electrons. The Morgan fingerprint density at radius 1 is 1.19 bits per heavy atom. The van der Waals surface area contributed by atoms with Gasteiger partial charge in [0.05, 0.1) is 27.8 Å². The van der Waals surface area contributed by atoms with Crippen LogP contribution >= 0.6 is 23.2 Å². The Bertz CT molecular complexity index is 1100. The third-order valence-corrected chi connectivity index (χ3v) is 4.40. The molecule has 0 aliphatic carbocycles. The number of nitrogens with zero attached hydrogens (tertiary/aromatic N) is 2.